The van der Waals surface area contributed by atoms with Crippen LogP contribution in [0.5, 0.6) is 0 Å². The van der Waals surface area contributed by atoms with E-state index in [2.05, 4.69) is 82.8 Å². The molecule has 0 bridgehead atoms. The number of hydrogen-bond donors (Lipinski definition) is 0. The molecule has 1 aliphatic heterocycles. The predicted octanol–water partition coefficient (Wildman–Crippen LogP) is 7.11. The molecule has 5 heteroatoms. The van der Waals surface area contributed by atoms with Crippen molar-refractivity contribution < 1.29 is 4.74 Å². The molecule has 0 saturated carbocycles. The van der Waals surface area contributed by atoms with E-state index in [-0.39, 0.29) is 6.10 Å². The van der Waals surface area contributed by atoms with Gasteiger partial charge in [0.15, 0.2) is 0 Å². The number of nitrogens with zero attached hydrogens (tertiary/aromatic N) is 4. The Bertz CT molecular complexity index is 1800. The Balaban J connectivity index is 1.47. The third-order valence-corrected chi connectivity index (χ3v) is 7.61. The van der Waals surface area contributed by atoms with Gasteiger partial charge in [0, 0.05) is 46.3 Å². The van der Waals surface area contributed by atoms with Crippen LogP contribution in [-0.4, -0.2) is 25.7 Å². The molecule has 1 saturated heterocycles. The smallest absolute Gasteiger partial charge is 0.106 e. The number of pyridine rings is 2. The van der Waals surface area contributed by atoms with Gasteiger partial charge in [-0.1, -0.05) is 37.3 Å². The number of hydrogen-bond acceptors (Lipinski definition) is 3. The average molecular weight is 469 g/mol. The van der Waals surface area contributed by atoms with Crippen molar-refractivity contribution in [1.29, 1.82) is 0 Å². The van der Waals surface area contributed by atoms with Crippen LogP contribution < -0.4 is 0 Å². The lowest BCUT2D eigenvalue weighted by Crippen LogP contribution is -2.08. The minimum absolute atomic E-state index is 0.142. The van der Waals surface area contributed by atoms with Crippen LogP contribution in [0.3, 0.4) is 0 Å². The van der Waals surface area contributed by atoms with Crippen molar-refractivity contribution in [3.63, 3.8) is 0 Å². The first-order valence-electron chi connectivity index (χ1n) is 12.6. The number of ether oxygens (including phenoxy) is 1. The number of para-hydroxylation sites is 1. The highest BCUT2D eigenvalue weighted by Gasteiger charge is 2.29. The quantitative estimate of drug-likeness (QED) is 0.260. The van der Waals surface area contributed by atoms with Gasteiger partial charge in [0.1, 0.15) is 6.10 Å². The van der Waals surface area contributed by atoms with Crippen molar-refractivity contribution in [2.75, 3.05) is 6.61 Å². The summed E-state index contributed by atoms with van der Waals surface area (Å²) in [5, 5.41) is 1.16. The molecule has 1 fully saturated rings. The van der Waals surface area contributed by atoms with E-state index in [0.29, 0.717) is 5.92 Å². The number of fused-ring (bicyclic) bond motifs is 6. The second kappa shape index (κ2) is 7.39. The fourth-order valence-electron chi connectivity index (χ4n) is 5.95. The SMILES string of the molecule is CC1CC=Cc2c1n(-c1cc(C3CO3)cc(-n3c4ccccc4c4ncccc43)c1)c1cccnc21. The summed E-state index contributed by atoms with van der Waals surface area (Å²) in [5.74, 6) is 0.404. The summed E-state index contributed by atoms with van der Waals surface area (Å²) in [4.78, 5) is 9.53. The molecular weight excluding hydrogens is 444 g/mol. The number of rotatable bonds is 3. The molecule has 2 aromatic carbocycles. The summed E-state index contributed by atoms with van der Waals surface area (Å²) in [6, 6.07) is 23.8. The number of benzene rings is 2. The monoisotopic (exact) mass is 468 g/mol. The molecule has 0 radical (unpaired) electrons. The van der Waals surface area contributed by atoms with Crippen molar-refractivity contribution >= 4 is 39.0 Å². The van der Waals surface area contributed by atoms with Crippen LogP contribution in [0, 0.1) is 0 Å². The third-order valence-electron chi connectivity index (χ3n) is 7.61. The topological polar surface area (TPSA) is 48.2 Å². The highest BCUT2D eigenvalue weighted by Crippen LogP contribution is 2.41. The normalized spacial score (nSPS) is 18.8. The summed E-state index contributed by atoms with van der Waals surface area (Å²) in [5.41, 5.74) is 11.5. The molecule has 0 spiro atoms. The fraction of sp³-hybridized carbons (Fsp3) is 0.161. The van der Waals surface area contributed by atoms with E-state index in [4.69, 9.17) is 14.7 Å². The van der Waals surface area contributed by atoms with Crippen LogP contribution in [-0.2, 0) is 4.74 Å². The molecule has 4 aromatic heterocycles. The zero-order valence-electron chi connectivity index (χ0n) is 19.9. The predicted molar refractivity (Wildman–Crippen MR) is 144 cm³/mol. The minimum Gasteiger partial charge on any atom is -0.368 e. The molecule has 2 unspecified atom stereocenters. The standard InChI is InChI=1S/C31H24N4O/c1-19-7-4-9-24-30-27(12-6-14-33-30)35(31(19)24)22-16-20(28-18-36-28)15-21(17-22)34-25-10-3-2-8-23(25)29-26(34)11-5-13-32-29/h2-6,8-17,19,28H,7,18H2,1H3. The lowest BCUT2D eigenvalue weighted by atomic mass is 9.94. The van der Waals surface area contributed by atoms with Crippen molar-refractivity contribution in [2.45, 2.75) is 25.4 Å². The summed E-state index contributed by atoms with van der Waals surface area (Å²) in [6.45, 7) is 3.08. The Morgan fingerprint density at radius 1 is 0.806 bits per heavy atom. The molecule has 2 atom stereocenters. The Hall–Kier alpha value is -4.22. The molecule has 2 aliphatic rings. The Morgan fingerprint density at radius 2 is 1.50 bits per heavy atom. The van der Waals surface area contributed by atoms with Crippen LogP contribution in [0.4, 0.5) is 0 Å². The summed E-state index contributed by atoms with van der Waals surface area (Å²) in [6.07, 6.45) is 9.46. The first-order valence-corrected chi connectivity index (χ1v) is 12.6. The second-order valence-electron chi connectivity index (χ2n) is 9.87. The molecule has 0 amide bonds. The molecule has 5 nitrogen and oxygen atoms in total. The maximum atomic E-state index is 5.78. The van der Waals surface area contributed by atoms with Gasteiger partial charge in [0.2, 0.25) is 0 Å². The highest BCUT2D eigenvalue weighted by molar-refractivity contribution is 6.07. The number of allylic oxidation sites excluding steroid dienone is 1. The summed E-state index contributed by atoms with van der Waals surface area (Å²) >= 11 is 0. The van der Waals surface area contributed by atoms with E-state index in [1.807, 2.05) is 24.5 Å². The minimum atomic E-state index is 0.142. The Kier molecular flexibility index (Phi) is 4.11. The molecule has 6 aromatic rings. The Morgan fingerprint density at radius 3 is 2.31 bits per heavy atom. The molecular formula is C31H24N4O. The maximum Gasteiger partial charge on any atom is 0.106 e. The van der Waals surface area contributed by atoms with E-state index in [9.17, 15) is 0 Å². The van der Waals surface area contributed by atoms with Gasteiger partial charge in [0.05, 0.1) is 34.2 Å². The van der Waals surface area contributed by atoms with Gasteiger partial charge in [-0.25, -0.2) is 0 Å². The highest BCUT2D eigenvalue weighted by atomic mass is 16.6. The van der Waals surface area contributed by atoms with E-state index in [0.717, 1.165) is 57.4 Å². The van der Waals surface area contributed by atoms with Crippen LogP contribution in [0.2, 0.25) is 0 Å². The van der Waals surface area contributed by atoms with Gasteiger partial charge in [0.25, 0.3) is 0 Å². The average Bonchev–Trinajstić information content (AvgIpc) is 3.64. The molecule has 174 valence electrons. The number of epoxide rings is 1. The van der Waals surface area contributed by atoms with Gasteiger partial charge in [-0.3, -0.25) is 9.97 Å². The first-order chi connectivity index (χ1) is 17.8. The molecule has 0 N–H and O–H groups in total. The lowest BCUT2D eigenvalue weighted by molar-refractivity contribution is 0.415. The number of aromatic nitrogens is 4. The summed E-state index contributed by atoms with van der Waals surface area (Å²) in [7, 11) is 0. The van der Waals surface area contributed by atoms with Gasteiger partial charge in [-0.2, -0.15) is 0 Å². The van der Waals surface area contributed by atoms with Gasteiger partial charge in [-0.05, 0) is 60.5 Å². The molecule has 5 heterocycles. The fourth-order valence-corrected chi connectivity index (χ4v) is 5.95. The van der Waals surface area contributed by atoms with Crippen LogP contribution in [0.1, 0.15) is 42.2 Å². The molecule has 36 heavy (non-hydrogen) atoms. The zero-order valence-corrected chi connectivity index (χ0v) is 19.9. The second-order valence-corrected chi connectivity index (χ2v) is 9.87. The third kappa shape index (κ3) is 2.80. The molecule has 1 aliphatic carbocycles. The van der Waals surface area contributed by atoms with Crippen LogP contribution >= 0.6 is 0 Å². The van der Waals surface area contributed by atoms with Crippen LogP contribution in [0.15, 0.2) is 85.2 Å². The van der Waals surface area contributed by atoms with Crippen molar-refractivity contribution in [3.8, 4) is 11.4 Å². The maximum absolute atomic E-state index is 5.78. The van der Waals surface area contributed by atoms with Gasteiger partial charge >= 0.3 is 0 Å². The first kappa shape index (κ1) is 20.0. The van der Waals surface area contributed by atoms with Crippen molar-refractivity contribution in [1.82, 2.24) is 19.1 Å². The summed E-state index contributed by atoms with van der Waals surface area (Å²) < 4.78 is 10.5. The van der Waals surface area contributed by atoms with Gasteiger partial charge in [-0.15, -0.1) is 0 Å². The van der Waals surface area contributed by atoms with E-state index in [1.54, 1.807) is 0 Å². The van der Waals surface area contributed by atoms with Gasteiger partial charge < -0.3 is 13.9 Å². The van der Waals surface area contributed by atoms with Crippen molar-refractivity contribution in [2.24, 2.45) is 0 Å². The molecule has 8 rings (SSSR count). The van der Waals surface area contributed by atoms with E-state index >= 15 is 0 Å². The van der Waals surface area contributed by atoms with E-state index in [1.165, 1.54) is 16.8 Å². The zero-order chi connectivity index (χ0) is 23.8. The van der Waals surface area contributed by atoms with Crippen LogP contribution in [0.25, 0.3) is 50.4 Å². The largest absolute Gasteiger partial charge is 0.368 e. The lowest BCUT2D eigenvalue weighted by Gasteiger charge is -2.20. The Labute approximate surface area is 208 Å². The van der Waals surface area contributed by atoms with E-state index < -0.39 is 0 Å². The van der Waals surface area contributed by atoms with Crippen molar-refractivity contribution in [3.05, 3.63) is 102 Å².